The fourth-order valence-electron chi connectivity index (χ4n) is 6.89. The van der Waals surface area contributed by atoms with E-state index in [1.807, 2.05) is 0 Å². The molecule has 0 amide bonds. The maximum Gasteiger partial charge on any atom is 0.325 e. The number of hydrogen-bond donors (Lipinski definition) is 11. The van der Waals surface area contributed by atoms with Crippen LogP contribution in [0.3, 0.4) is 0 Å². The molecule has 78 heavy (non-hydrogen) atoms. The molecule has 416 valence electrons. The zero-order valence-corrected chi connectivity index (χ0v) is 44.0. The van der Waals surface area contributed by atoms with Crippen molar-refractivity contribution in [2.45, 2.75) is 74.4 Å². The number of anilines is 5. The average molecular weight is 1200 g/mol. The standard InChI is InChI=1S/C41H39N9O22S6/c1-21(38(53)54)42-39-48-36(18-25-17-27(73(55,56)57)11-13-30(25)75(61,62)63)49-40(50-39)43-26-10-9-24(33(19-26)78(70,71)72)8-7-23-6-5-22(15-32(23)77(67,68)69)16-35-45-34(3-2-4-37(51)52)46-41(47-35)44-29-20-28(74(58,59)60)12-14-31(29)76(64,65)66/h5-15,17,19-21H,2-4,16,18H2,1H3,(H,51,52)(H,53,54)(H,55,56,57)(H,58,59,60)(H,61,62,63)(H,64,65,66)(H,67,68,69)(H,70,71,72)(H,44,45,46,47)(H2,42,43,48,49,50)/b8-7+. The average Bonchev–Trinajstić information content (AvgIpc) is 3.37. The molecule has 2 heterocycles. The molecule has 31 nitrogen and oxygen atoms in total. The number of hydrogen-bond acceptors (Lipinski definition) is 23. The Bertz CT molecular complexity index is 4150. The second kappa shape index (κ2) is 22.8. The van der Waals surface area contributed by atoms with Gasteiger partial charge in [-0.15, -0.1) is 0 Å². The van der Waals surface area contributed by atoms with Crippen molar-refractivity contribution in [3.63, 3.8) is 0 Å². The van der Waals surface area contributed by atoms with E-state index in [0.29, 0.717) is 36.4 Å². The van der Waals surface area contributed by atoms with Crippen LogP contribution < -0.4 is 16.0 Å². The molecule has 0 saturated carbocycles. The highest BCUT2D eigenvalue weighted by Crippen LogP contribution is 2.30. The van der Waals surface area contributed by atoms with Crippen LogP contribution in [0.5, 0.6) is 0 Å². The molecule has 0 aliphatic carbocycles. The highest BCUT2D eigenvalue weighted by atomic mass is 32.2. The van der Waals surface area contributed by atoms with Gasteiger partial charge in [0.2, 0.25) is 17.8 Å². The first kappa shape index (κ1) is 59.7. The molecule has 4 aromatic carbocycles. The van der Waals surface area contributed by atoms with Crippen molar-refractivity contribution in [2.75, 3.05) is 16.0 Å². The third kappa shape index (κ3) is 16.0. The Morgan fingerprint density at radius 2 is 1.01 bits per heavy atom. The first-order chi connectivity index (χ1) is 35.9. The molecule has 0 aliphatic heterocycles. The number of benzene rings is 4. The van der Waals surface area contributed by atoms with Gasteiger partial charge in [-0.2, -0.15) is 75.4 Å². The van der Waals surface area contributed by atoms with Gasteiger partial charge >= 0.3 is 11.9 Å². The predicted octanol–water partition coefficient (Wildman–Crippen LogP) is 2.67. The van der Waals surface area contributed by atoms with Gasteiger partial charge in [0, 0.05) is 31.4 Å². The minimum Gasteiger partial charge on any atom is -0.481 e. The first-order valence-corrected chi connectivity index (χ1v) is 29.9. The molecule has 2 aromatic heterocycles. The zero-order chi connectivity index (χ0) is 57.9. The molecule has 6 aromatic rings. The summed E-state index contributed by atoms with van der Waals surface area (Å²) >= 11 is 0. The van der Waals surface area contributed by atoms with Gasteiger partial charge in [-0.3, -0.25) is 36.9 Å². The molecular weight excluding hydrogens is 1160 g/mol. The highest BCUT2D eigenvalue weighted by molar-refractivity contribution is 7.87. The number of aliphatic carboxylic acids is 2. The molecule has 1 atom stereocenters. The van der Waals surface area contributed by atoms with Gasteiger partial charge in [0.1, 0.15) is 38.2 Å². The van der Waals surface area contributed by atoms with Crippen molar-refractivity contribution in [3.8, 4) is 0 Å². The van der Waals surface area contributed by atoms with E-state index in [1.165, 1.54) is 19.1 Å². The van der Waals surface area contributed by atoms with Crippen LogP contribution in [0.25, 0.3) is 12.2 Å². The van der Waals surface area contributed by atoms with E-state index >= 15 is 0 Å². The number of nitrogens with zero attached hydrogens (tertiary/aromatic N) is 6. The number of aryl methyl sites for hydroxylation is 1. The fourth-order valence-corrected chi connectivity index (χ4v) is 10.7. The number of carboxylic acids is 2. The maximum absolute atomic E-state index is 12.8. The lowest BCUT2D eigenvalue weighted by Gasteiger charge is -2.14. The fraction of sp³-hybridized carbons (Fsp3) is 0.171. The highest BCUT2D eigenvalue weighted by Gasteiger charge is 2.25. The van der Waals surface area contributed by atoms with Gasteiger partial charge in [-0.25, -0.2) is 4.98 Å². The summed E-state index contributed by atoms with van der Waals surface area (Å²) in [4.78, 5) is 42.6. The van der Waals surface area contributed by atoms with E-state index in [9.17, 15) is 92.5 Å². The summed E-state index contributed by atoms with van der Waals surface area (Å²) in [7, 11) is -30.3. The summed E-state index contributed by atoms with van der Waals surface area (Å²) in [6.07, 6.45) is 0.375. The van der Waals surface area contributed by atoms with E-state index in [0.717, 1.165) is 36.4 Å². The molecular formula is C41H39N9O22S6. The second-order valence-electron chi connectivity index (χ2n) is 16.2. The molecule has 0 spiro atoms. The van der Waals surface area contributed by atoms with Crippen LogP contribution in [0.2, 0.25) is 0 Å². The smallest absolute Gasteiger partial charge is 0.325 e. The molecule has 6 rings (SSSR count). The summed E-state index contributed by atoms with van der Waals surface area (Å²) in [5.74, 6) is -4.82. The molecule has 37 heteroatoms. The number of carbonyl (C=O) groups is 2. The number of carboxylic acid groups (broad SMARTS) is 2. The topological polar surface area (TPSA) is 514 Å². The van der Waals surface area contributed by atoms with Crippen LogP contribution in [0.4, 0.5) is 29.2 Å². The Morgan fingerprint density at radius 3 is 1.56 bits per heavy atom. The van der Waals surface area contributed by atoms with Crippen LogP contribution >= 0.6 is 0 Å². The normalized spacial score (nSPS) is 13.0. The lowest BCUT2D eigenvalue weighted by atomic mass is 10.1. The SMILES string of the molecule is CC(Nc1nc(Cc2cc(S(=O)(=O)O)ccc2S(=O)(=O)O)nc(Nc2ccc(/C=C/c3ccc(Cc4nc(CCCC(=O)O)nc(Nc5cc(S(=O)(=O)O)ccc5S(=O)(=O)O)n4)cc3S(=O)(=O)O)c(S(=O)(=O)O)c2)n1)C(=O)O. The van der Waals surface area contributed by atoms with Crippen LogP contribution in [0.15, 0.2) is 102 Å². The molecule has 0 fully saturated rings. The van der Waals surface area contributed by atoms with Crippen molar-refractivity contribution in [1.29, 1.82) is 0 Å². The van der Waals surface area contributed by atoms with Crippen LogP contribution in [-0.4, -0.2) is 136 Å². The van der Waals surface area contributed by atoms with Crippen molar-refractivity contribution < 1.29 is 97.6 Å². The summed E-state index contributed by atoms with van der Waals surface area (Å²) in [5, 5.41) is 26.1. The molecule has 0 saturated heterocycles. The van der Waals surface area contributed by atoms with Gasteiger partial charge in [0.05, 0.1) is 20.4 Å². The number of aromatic nitrogens is 6. The summed E-state index contributed by atoms with van der Waals surface area (Å²) < 4.78 is 207. The quantitative estimate of drug-likeness (QED) is 0.0324. The lowest BCUT2D eigenvalue weighted by molar-refractivity contribution is -0.138. The van der Waals surface area contributed by atoms with Crippen molar-refractivity contribution in [1.82, 2.24) is 29.9 Å². The summed E-state index contributed by atoms with van der Waals surface area (Å²) in [6, 6.07) is 9.15. The number of rotatable bonds is 23. The number of nitrogens with one attached hydrogen (secondary N) is 3. The molecule has 11 N–H and O–H groups in total. The van der Waals surface area contributed by atoms with Crippen LogP contribution in [0.1, 0.15) is 59.5 Å². The van der Waals surface area contributed by atoms with Crippen molar-refractivity contribution in [3.05, 3.63) is 113 Å². The minimum atomic E-state index is -5.18. The van der Waals surface area contributed by atoms with E-state index < -0.39 is 156 Å². The Labute approximate surface area is 442 Å². The van der Waals surface area contributed by atoms with Gasteiger partial charge < -0.3 is 26.2 Å². The minimum absolute atomic E-state index is 0.0421. The van der Waals surface area contributed by atoms with Gasteiger partial charge in [-0.05, 0) is 90.2 Å². The monoisotopic (exact) mass is 1200 g/mol. The van der Waals surface area contributed by atoms with E-state index in [4.69, 9.17) is 5.11 Å². The molecule has 0 radical (unpaired) electrons. The van der Waals surface area contributed by atoms with Crippen molar-refractivity contribution in [2.24, 2.45) is 0 Å². The first-order valence-electron chi connectivity index (χ1n) is 21.2. The Hall–Kier alpha value is -7.56. The third-order valence-electron chi connectivity index (χ3n) is 10.4. The third-order valence-corrected chi connectivity index (χ3v) is 15.7. The van der Waals surface area contributed by atoms with E-state index in [2.05, 4.69) is 45.9 Å². The predicted molar refractivity (Wildman–Crippen MR) is 267 cm³/mol. The van der Waals surface area contributed by atoms with E-state index in [1.54, 1.807) is 0 Å². The van der Waals surface area contributed by atoms with Crippen molar-refractivity contribution >= 4 is 114 Å². The summed E-state index contributed by atoms with van der Waals surface area (Å²) in [6.45, 7) is 1.18. The Balaban J connectivity index is 1.35. The summed E-state index contributed by atoms with van der Waals surface area (Å²) in [5.41, 5.74) is -1.87. The van der Waals surface area contributed by atoms with Gasteiger partial charge in [0.15, 0.2) is 0 Å². The van der Waals surface area contributed by atoms with Gasteiger partial charge in [0.25, 0.3) is 60.7 Å². The van der Waals surface area contributed by atoms with Crippen LogP contribution in [-0.2, 0) is 89.6 Å². The second-order valence-corrected chi connectivity index (χ2v) is 24.6. The van der Waals surface area contributed by atoms with E-state index in [-0.39, 0.29) is 53.3 Å². The zero-order valence-electron chi connectivity index (χ0n) is 39.1. The van der Waals surface area contributed by atoms with Crippen LogP contribution in [0, 0.1) is 0 Å². The Morgan fingerprint density at radius 1 is 0.513 bits per heavy atom. The molecule has 0 aliphatic rings. The van der Waals surface area contributed by atoms with Gasteiger partial charge in [-0.1, -0.05) is 30.4 Å². The molecule has 0 bridgehead atoms. The Kier molecular flexibility index (Phi) is 17.4. The molecule has 1 unspecified atom stereocenters. The largest absolute Gasteiger partial charge is 0.481 e. The lowest BCUT2D eigenvalue weighted by Crippen LogP contribution is -2.27. The maximum atomic E-state index is 12.8.